The third-order valence-electron chi connectivity index (χ3n) is 5.28. The van der Waals surface area contributed by atoms with Gasteiger partial charge >= 0.3 is 0 Å². The number of benzene rings is 2. The van der Waals surface area contributed by atoms with E-state index in [1.165, 1.54) is 12.1 Å². The monoisotopic (exact) mass is 392 g/mol. The number of amides is 2. The van der Waals surface area contributed by atoms with Gasteiger partial charge < -0.3 is 16.8 Å². The fraction of sp³-hybridized carbons (Fsp3) is 0.182. The highest BCUT2D eigenvalue weighted by Crippen LogP contribution is 2.44. The molecule has 148 valence electrons. The minimum Gasteiger partial charge on any atom is -0.384 e. The van der Waals surface area contributed by atoms with Gasteiger partial charge in [-0.2, -0.15) is 0 Å². The van der Waals surface area contributed by atoms with Crippen LogP contribution in [0.15, 0.2) is 77.3 Å². The number of halogens is 1. The number of carbonyl (C=O) groups excluding carboxylic acids is 2. The Labute approximate surface area is 167 Å². The molecule has 2 amide bonds. The third-order valence-corrected chi connectivity index (χ3v) is 5.28. The Morgan fingerprint density at radius 2 is 1.79 bits per heavy atom. The van der Waals surface area contributed by atoms with Gasteiger partial charge in [0.25, 0.3) is 0 Å². The predicted octanol–water partition coefficient (Wildman–Crippen LogP) is 2.25. The molecule has 5 N–H and O–H groups in total. The summed E-state index contributed by atoms with van der Waals surface area (Å²) in [5, 5.41) is 2.90. The molecule has 2 aromatic rings. The van der Waals surface area contributed by atoms with Gasteiger partial charge in [-0.05, 0) is 42.7 Å². The molecule has 0 saturated heterocycles. The van der Waals surface area contributed by atoms with E-state index in [0.29, 0.717) is 36.3 Å². The summed E-state index contributed by atoms with van der Waals surface area (Å²) in [6, 6.07) is 15.0. The average molecular weight is 392 g/mol. The van der Waals surface area contributed by atoms with Crippen LogP contribution in [-0.2, 0) is 9.59 Å². The van der Waals surface area contributed by atoms with E-state index >= 15 is 0 Å². The number of nitrogens with one attached hydrogen (secondary N) is 1. The summed E-state index contributed by atoms with van der Waals surface area (Å²) in [5.41, 5.74) is 14.8. The second-order valence-corrected chi connectivity index (χ2v) is 7.04. The largest absolute Gasteiger partial charge is 0.384 e. The summed E-state index contributed by atoms with van der Waals surface area (Å²) in [6.45, 7) is 0.510. The van der Waals surface area contributed by atoms with Crippen molar-refractivity contribution in [1.29, 1.82) is 0 Å². The summed E-state index contributed by atoms with van der Waals surface area (Å²) in [6.07, 6.45) is 1.28. The summed E-state index contributed by atoms with van der Waals surface area (Å²) < 4.78 is 13.5. The molecule has 2 aliphatic heterocycles. The SMILES string of the molecule is NC(=O)C1=C(N)N(c2ccc(F)cc2)C2=C(C(=O)NCCC2)C1c1ccccc1. The van der Waals surface area contributed by atoms with Crippen LogP contribution in [0.4, 0.5) is 10.1 Å². The van der Waals surface area contributed by atoms with Gasteiger partial charge in [-0.25, -0.2) is 4.39 Å². The van der Waals surface area contributed by atoms with Crippen molar-refractivity contribution in [3.63, 3.8) is 0 Å². The lowest BCUT2D eigenvalue weighted by Crippen LogP contribution is -2.41. The highest BCUT2D eigenvalue weighted by atomic mass is 19.1. The number of nitrogens with two attached hydrogens (primary N) is 2. The van der Waals surface area contributed by atoms with Crippen molar-refractivity contribution in [3.05, 3.63) is 88.6 Å². The molecule has 29 heavy (non-hydrogen) atoms. The van der Waals surface area contributed by atoms with Crippen molar-refractivity contribution in [2.75, 3.05) is 11.4 Å². The molecule has 4 rings (SSSR count). The van der Waals surface area contributed by atoms with Crippen molar-refractivity contribution in [3.8, 4) is 0 Å². The van der Waals surface area contributed by atoms with E-state index in [4.69, 9.17) is 11.5 Å². The van der Waals surface area contributed by atoms with Crippen LogP contribution in [0.2, 0.25) is 0 Å². The Kier molecular flexibility index (Phi) is 4.80. The Morgan fingerprint density at radius 3 is 2.45 bits per heavy atom. The van der Waals surface area contributed by atoms with Crippen LogP contribution < -0.4 is 21.7 Å². The van der Waals surface area contributed by atoms with Crippen LogP contribution in [0.5, 0.6) is 0 Å². The zero-order valence-corrected chi connectivity index (χ0v) is 15.7. The number of allylic oxidation sites excluding steroid dienone is 1. The Balaban J connectivity index is 2.00. The molecule has 2 aromatic carbocycles. The Bertz CT molecular complexity index is 1030. The smallest absolute Gasteiger partial charge is 0.249 e. The molecule has 0 spiro atoms. The fourth-order valence-electron chi connectivity index (χ4n) is 4.04. The van der Waals surface area contributed by atoms with Crippen LogP contribution in [0.1, 0.15) is 24.3 Å². The number of rotatable bonds is 3. The third kappa shape index (κ3) is 3.24. The fourth-order valence-corrected chi connectivity index (χ4v) is 4.04. The standard InChI is InChI=1S/C22H21FN4O2/c23-14-8-10-15(11-9-14)27-16-7-4-12-26-22(29)18(16)17(13-5-2-1-3-6-13)19(20(27)24)21(25)28/h1-3,5-6,8-11,17H,4,7,12,24H2,(H2,25,28)(H,26,29). The molecule has 1 unspecified atom stereocenters. The highest BCUT2D eigenvalue weighted by molar-refractivity contribution is 6.05. The summed E-state index contributed by atoms with van der Waals surface area (Å²) in [5.74, 6) is -1.86. The van der Waals surface area contributed by atoms with Crippen molar-refractivity contribution in [1.82, 2.24) is 5.32 Å². The second-order valence-electron chi connectivity index (χ2n) is 7.04. The molecule has 0 bridgehead atoms. The molecular formula is C22H21FN4O2. The van der Waals surface area contributed by atoms with Crippen molar-refractivity contribution in [2.24, 2.45) is 11.5 Å². The highest BCUT2D eigenvalue weighted by Gasteiger charge is 2.41. The minimum atomic E-state index is -0.702. The Morgan fingerprint density at radius 1 is 1.10 bits per heavy atom. The topological polar surface area (TPSA) is 101 Å². The van der Waals surface area contributed by atoms with Crippen LogP contribution in [-0.4, -0.2) is 18.4 Å². The second kappa shape index (κ2) is 7.43. The zero-order chi connectivity index (χ0) is 20.5. The first-order chi connectivity index (χ1) is 14.0. The molecule has 1 atom stereocenters. The van der Waals surface area contributed by atoms with Gasteiger partial charge in [0.05, 0.1) is 11.5 Å². The van der Waals surface area contributed by atoms with Gasteiger partial charge in [-0.1, -0.05) is 30.3 Å². The van der Waals surface area contributed by atoms with Crippen LogP contribution in [0, 0.1) is 5.82 Å². The van der Waals surface area contributed by atoms with Gasteiger partial charge in [-0.3, -0.25) is 14.5 Å². The number of primary amides is 1. The van der Waals surface area contributed by atoms with Crippen LogP contribution in [0.25, 0.3) is 0 Å². The molecule has 0 aromatic heterocycles. The summed E-state index contributed by atoms with van der Waals surface area (Å²) in [4.78, 5) is 27.2. The van der Waals surface area contributed by atoms with Gasteiger partial charge in [0.15, 0.2) is 0 Å². The maximum absolute atomic E-state index is 13.5. The van der Waals surface area contributed by atoms with E-state index in [1.807, 2.05) is 30.3 Å². The Hall–Kier alpha value is -3.61. The van der Waals surface area contributed by atoms with E-state index in [1.54, 1.807) is 17.0 Å². The number of anilines is 1. The zero-order valence-electron chi connectivity index (χ0n) is 15.7. The molecule has 6 nitrogen and oxygen atoms in total. The molecule has 0 saturated carbocycles. The van der Waals surface area contributed by atoms with Gasteiger partial charge in [0.2, 0.25) is 11.8 Å². The first-order valence-electron chi connectivity index (χ1n) is 9.40. The van der Waals surface area contributed by atoms with Crippen molar-refractivity contribution in [2.45, 2.75) is 18.8 Å². The maximum Gasteiger partial charge on any atom is 0.249 e. The quantitative estimate of drug-likeness (QED) is 0.746. The van der Waals surface area contributed by atoms with Crippen LogP contribution >= 0.6 is 0 Å². The molecule has 2 heterocycles. The van der Waals surface area contributed by atoms with E-state index < -0.39 is 17.6 Å². The normalized spacial score (nSPS) is 19.6. The first kappa shape index (κ1) is 18.7. The molecular weight excluding hydrogens is 371 g/mol. The maximum atomic E-state index is 13.5. The summed E-state index contributed by atoms with van der Waals surface area (Å²) in [7, 11) is 0. The number of hydrogen-bond acceptors (Lipinski definition) is 4. The van der Waals surface area contributed by atoms with E-state index in [0.717, 1.165) is 5.56 Å². The lowest BCUT2D eigenvalue weighted by atomic mass is 9.79. The lowest BCUT2D eigenvalue weighted by Gasteiger charge is -2.38. The predicted molar refractivity (Wildman–Crippen MR) is 108 cm³/mol. The van der Waals surface area contributed by atoms with Gasteiger partial charge in [0.1, 0.15) is 11.6 Å². The van der Waals surface area contributed by atoms with Gasteiger partial charge in [-0.15, -0.1) is 0 Å². The van der Waals surface area contributed by atoms with E-state index in [-0.39, 0.29) is 17.3 Å². The average Bonchev–Trinajstić information content (AvgIpc) is 2.90. The number of hydrogen-bond donors (Lipinski definition) is 3. The lowest BCUT2D eigenvalue weighted by molar-refractivity contribution is -0.117. The molecule has 0 radical (unpaired) electrons. The summed E-state index contributed by atoms with van der Waals surface area (Å²) >= 11 is 0. The minimum absolute atomic E-state index is 0.149. The first-order valence-corrected chi connectivity index (χ1v) is 9.40. The molecule has 0 aliphatic carbocycles. The number of nitrogens with zero attached hydrogens (tertiary/aromatic N) is 1. The van der Waals surface area contributed by atoms with Crippen molar-refractivity contribution >= 4 is 17.5 Å². The molecule has 2 aliphatic rings. The number of carbonyl (C=O) groups is 2. The molecule has 0 fully saturated rings. The van der Waals surface area contributed by atoms with Gasteiger partial charge in [0, 0.05) is 23.5 Å². The van der Waals surface area contributed by atoms with Crippen molar-refractivity contribution < 1.29 is 14.0 Å². The van der Waals surface area contributed by atoms with E-state index in [2.05, 4.69) is 5.32 Å². The molecule has 7 heteroatoms. The van der Waals surface area contributed by atoms with E-state index in [9.17, 15) is 14.0 Å². The van der Waals surface area contributed by atoms with Crippen LogP contribution in [0.3, 0.4) is 0 Å².